The molecule has 3 nitrogen and oxygen atoms in total. The fourth-order valence-electron chi connectivity index (χ4n) is 0.770. The Balaban J connectivity index is 4.15. The molecule has 0 rings (SSSR count). The number of carbonyl (C=O) groups is 2. The molecule has 0 unspecified atom stereocenters. The Kier molecular flexibility index (Phi) is 4.50. The molecule has 0 N–H and O–H groups in total. The minimum atomic E-state index is -0.146. The van der Waals surface area contributed by atoms with Gasteiger partial charge in [-0.25, -0.2) is 0 Å². The second-order valence-electron chi connectivity index (χ2n) is 2.15. The van der Waals surface area contributed by atoms with Gasteiger partial charge in [-0.3, -0.25) is 14.5 Å². The van der Waals surface area contributed by atoms with Crippen LogP contribution in [0.1, 0.15) is 26.7 Å². The van der Waals surface area contributed by atoms with E-state index in [9.17, 15) is 9.59 Å². The molecule has 0 aromatic carbocycles. The summed E-state index contributed by atoms with van der Waals surface area (Å²) in [5, 5.41) is 0. The van der Waals surface area contributed by atoms with Crippen molar-refractivity contribution < 1.29 is 9.59 Å². The number of nitrogens with zero attached hydrogens (tertiary/aromatic N) is 1. The quantitative estimate of drug-likeness (QED) is 0.611. The molecule has 0 spiro atoms. The molecule has 0 aromatic heterocycles. The first-order chi connectivity index (χ1) is 5.17. The van der Waals surface area contributed by atoms with Gasteiger partial charge >= 0.3 is 0 Å². The summed E-state index contributed by atoms with van der Waals surface area (Å²) in [6, 6.07) is 0. The first-order valence-electron chi connectivity index (χ1n) is 3.79. The molecule has 0 atom stereocenters. The van der Waals surface area contributed by atoms with Crippen molar-refractivity contribution in [3.05, 3.63) is 6.92 Å². The van der Waals surface area contributed by atoms with Crippen molar-refractivity contribution in [2.24, 2.45) is 0 Å². The second-order valence-corrected chi connectivity index (χ2v) is 2.15. The second kappa shape index (κ2) is 4.88. The molecule has 1 radical (unpaired) electrons. The molecule has 2 amide bonds. The van der Waals surface area contributed by atoms with Gasteiger partial charge in [-0.1, -0.05) is 13.8 Å². The van der Waals surface area contributed by atoms with Gasteiger partial charge < -0.3 is 0 Å². The maximum Gasteiger partial charge on any atom is 0.228 e. The maximum atomic E-state index is 11.0. The predicted molar refractivity (Wildman–Crippen MR) is 42.7 cm³/mol. The first kappa shape index (κ1) is 10.1. The monoisotopic (exact) mass is 156 g/mol. The largest absolute Gasteiger partial charge is 0.283 e. The smallest absolute Gasteiger partial charge is 0.228 e. The van der Waals surface area contributed by atoms with Crippen LogP contribution < -0.4 is 0 Å². The van der Waals surface area contributed by atoms with Crippen LogP contribution in [0.25, 0.3) is 0 Å². The van der Waals surface area contributed by atoms with Gasteiger partial charge in [0.15, 0.2) is 0 Å². The van der Waals surface area contributed by atoms with Crippen molar-refractivity contribution in [3.8, 4) is 0 Å². The summed E-state index contributed by atoms with van der Waals surface area (Å²) in [7, 11) is 0. The SMILES string of the molecule is [CH2]CN(C(=O)CC)C(=O)CC. The summed E-state index contributed by atoms with van der Waals surface area (Å²) in [5.74, 6) is -0.293. The van der Waals surface area contributed by atoms with Crippen LogP contribution in [0.5, 0.6) is 0 Å². The Morgan fingerprint density at radius 3 is 1.73 bits per heavy atom. The fourth-order valence-corrected chi connectivity index (χ4v) is 0.770. The summed E-state index contributed by atoms with van der Waals surface area (Å²) in [6.45, 7) is 7.20. The van der Waals surface area contributed by atoms with Gasteiger partial charge in [0.05, 0.1) is 0 Å². The molecule has 0 aliphatic carbocycles. The molecule has 0 fully saturated rings. The number of rotatable bonds is 3. The molecule has 0 saturated carbocycles. The lowest BCUT2D eigenvalue weighted by molar-refractivity contribution is -0.143. The highest BCUT2D eigenvalue weighted by Gasteiger charge is 2.14. The van der Waals surface area contributed by atoms with E-state index < -0.39 is 0 Å². The van der Waals surface area contributed by atoms with Gasteiger partial charge in [0.25, 0.3) is 0 Å². The summed E-state index contributed by atoms with van der Waals surface area (Å²) in [4.78, 5) is 23.2. The lowest BCUT2D eigenvalue weighted by Gasteiger charge is -2.16. The van der Waals surface area contributed by atoms with Crippen LogP contribution in [0, 0.1) is 6.92 Å². The van der Waals surface area contributed by atoms with E-state index in [1.165, 1.54) is 4.90 Å². The van der Waals surface area contributed by atoms with E-state index in [1.807, 2.05) is 0 Å². The zero-order chi connectivity index (χ0) is 8.85. The van der Waals surface area contributed by atoms with Crippen LogP contribution in [0.4, 0.5) is 0 Å². The average Bonchev–Trinajstić information content (AvgIpc) is 2.05. The van der Waals surface area contributed by atoms with Crippen molar-refractivity contribution in [1.29, 1.82) is 0 Å². The topological polar surface area (TPSA) is 37.4 Å². The van der Waals surface area contributed by atoms with Gasteiger partial charge in [-0.15, -0.1) is 0 Å². The molecule has 0 aliphatic heterocycles. The lowest BCUT2D eigenvalue weighted by Crippen LogP contribution is -2.35. The van der Waals surface area contributed by atoms with Gasteiger partial charge in [-0.2, -0.15) is 0 Å². The van der Waals surface area contributed by atoms with Crippen molar-refractivity contribution in [2.75, 3.05) is 6.54 Å². The molecule has 0 heterocycles. The van der Waals surface area contributed by atoms with Gasteiger partial charge in [0.1, 0.15) is 0 Å². The summed E-state index contributed by atoms with van der Waals surface area (Å²) < 4.78 is 0. The minimum absolute atomic E-state index is 0.146. The zero-order valence-electron chi connectivity index (χ0n) is 7.09. The normalized spacial score (nSPS) is 9.36. The van der Waals surface area contributed by atoms with Crippen LogP contribution in [-0.4, -0.2) is 23.3 Å². The average molecular weight is 156 g/mol. The molecular weight excluding hydrogens is 142 g/mol. The Hall–Kier alpha value is -0.860. The molecule has 63 valence electrons. The van der Waals surface area contributed by atoms with E-state index in [2.05, 4.69) is 6.92 Å². The van der Waals surface area contributed by atoms with Gasteiger partial charge in [-0.05, 0) is 6.92 Å². The van der Waals surface area contributed by atoms with Crippen molar-refractivity contribution in [2.45, 2.75) is 26.7 Å². The lowest BCUT2D eigenvalue weighted by atomic mass is 10.3. The molecule has 0 aliphatic rings. The Labute approximate surface area is 67.4 Å². The first-order valence-corrected chi connectivity index (χ1v) is 3.79. The molecular formula is C8H14NO2. The van der Waals surface area contributed by atoms with Crippen LogP contribution in [0.3, 0.4) is 0 Å². The Bertz CT molecular complexity index is 138. The van der Waals surface area contributed by atoms with Crippen LogP contribution in [0.2, 0.25) is 0 Å². The van der Waals surface area contributed by atoms with E-state index in [0.29, 0.717) is 12.8 Å². The molecule has 0 saturated heterocycles. The van der Waals surface area contributed by atoms with E-state index in [1.54, 1.807) is 13.8 Å². The van der Waals surface area contributed by atoms with E-state index in [4.69, 9.17) is 0 Å². The third kappa shape index (κ3) is 2.70. The number of hydrogen-bond acceptors (Lipinski definition) is 2. The van der Waals surface area contributed by atoms with Crippen LogP contribution >= 0.6 is 0 Å². The highest BCUT2D eigenvalue weighted by molar-refractivity contribution is 5.95. The van der Waals surface area contributed by atoms with Crippen molar-refractivity contribution in [3.63, 3.8) is 0 Å². The van der Waals surface area contributed by atoms with Crippen LogP contribution in [0.15, 0.2) is 0 Å². The third-order valence-electron chi connectivity index (χ3n) is 1.43. The fraction of sp³-hybridized carbons (Fsp3) is 0.625. The Morgan fingerprint density at radius 1 is 1.18 bits per heavy atom. The summed E-state index contributed by atoms with van der Waals surface area (Å²) >= 11 is 0. The highest BCUT2D eigenvalue weighted by atomic mass is 16.2. The number of imide groups is 1. The molecule has 0 bridgehead atoms. The zero-order valence-corrected chi connectivity index (χ0v) is 7.09. The summed E-state index contributed by atoms with van der Waals surface area (Å²) in [6.07, 6.45) is 0.725. The van der Waals surface area contributed by atoms with E-state index >= 15 is 0 Å². The minimum Gasteiger partial charge on any atom is -0.283 e. The third-order valence-corrected chi connectivity index (χ3v) is 1.43. The maximum absolute atomic E-state index is 11.0. The molecule has 3 heteroatoms. The van der Waals surface area contributed by atoms with Crippen molar-refractivity contribution in [1.82, 2.24) is 4.90 Å². The number of carbonyl (C=O) groups excluding carboxylic acids is 2. The Morgan fingerprint density at radius 2 is 1.55 bits per heavy atom. The highest BCUT2D eigenvalue weighted by Crippen LogP contribution is 1.96. The van der Waals surface area contributed by atoms with Gasteiger partial charge in [0, 0.05) is 19.4 Å². The van der Waals surface area contributed by atoms with Crippen molar-refractivity contribution >= 4 is 11.8 Å². The summed E-state index contributed by atoms with van der Waals surface area (Å²) in [5.41, 5.74) is 0. The van der Waals surface area contributed by atoms with Gasteiger partial charge in [0.2, 0.25) is 11.8 Å². The standard InChI is InChI=1S/C8H14NO2/c1-4-7(10)9(6-3)8(11)5-2/h3-6H2,1-2H3. The van der Waals surface area contributed by atoms with Crippen LogP contribution in [-0.2, 0) is 9.59 Å². The van der Waals surface area contributed by atoms with E-state index in [-0.39, 0.29) is 18.4 Å². The molecule has 0 aromatic rings. The molecule has 11 heavy (non-hydrogen) atoms. The number of amides is 2. The predicted octanol–water partition coefficient (Wildman–Crippen LogP) is 0.996. The number of hydrogen-bond donors (Lipinski definition) is 0. The van der Waals surface area contributed by atoms with E-state index in [0.717, 1.165) is 0 Å².